The lowest BCUT2D eigenvalue weighted by Gasteiger charge is -2.09. The van der Waals surface area contributed by atoms with E-state index in [9.17, 15) is 4.79 Å². The molecule has 0 saturated carbocycles. The number of aliphatic imine (C=N–C) groups is 2. The van der Waals surface area contributed by atoms with Crippen LogP contribution < -0.4 is 5.32 Å². The van der Waals surface area contributed by atoms with E-state index in [4.69, 9.17) is 21.6 Å². The van der Waals surface area contributed by atoms with E-state index in [1.807, 2.05) is 74.5 Å². The van der Waals surface area contributed by atoms with Gasteiger partial charge >= 0.3 is 0 Å². The maximum atomic E-state index is 12.6. The first kappa shape index (κ1) is 21.3. The zero-order chi connectivity index (χ0) is 21.8. The fourth-order valence-corrected chi connectivity index (χ4v) is 4.34. The van der Waals surface area contributed by atoms with E-state index in [2.05, 4.69) is 11.4 Å². The van der Waals surface area contributed by atoms with Gasteiger partial charge in [0.15, 0.2) is 0 Å². The standard InChI is InChI=1S/C25H22ClN3OS/c1-16-11-17(2)13-20(12-16)27-24(30)15-31-25-14-23(18-7-9-19(26)10-8-18)28-21-5-3-4-6-22(21)29-25/h3-13H,14-15H2,1-2H3,(H,27,30). The van der Waals surface area contributed by atoms with E-state index in [0.29, 0.717) is 11.4 Å². The first-order valence-electron chi connectivity index (χ1n) is 9.97. The van der Waals surface area contributed by atoms with Gasteiger partial charge in [0.2, 0.25) is 5.91 Å². The van der Waals surface area contributed by atoms with Gasteiger partial charge in [-0.05, 0) is 66.9 Å². The Hall–Kier alpha value is -2.89. The first-order chi connectivity index (χ1) is 15.0. The molecule has 1 heterocycles. The summed E-state index contributed by atoms with van der Waals surface area (Å²) in [7, 11) is 0. The highest BCUT2D eigenvalue weighted by atomic mass is 35.5. The molecule has 0 bridgehead atoms. The van der Waals surface area contributed by atoms with E-state index in [0.717, 1.165) is 44.5 Å². The third-order valence-electron chi connectivity index (χ3n) is 4.75. The highest BCUT2D eigenvalue weighted by Gasteiger charge is 2.16. The average Bonchev–Trinajstić information content (AvgIpc) is 2.91. The Kier molecular flexibility index (Phi) is 6.54. The van der Waals surface area contributed by atoms with Gasteiger partial charge in [0.05, 0.1) is 27.9 Å². The van der Waals surface area contributed by atoms with Crippen LogP contribution in [-0.2, 0) is 4.79 Å². The van der Waals surface area contributed by atoms with Gasteiger partial charge in [-0.2, -0.15) is 0 Å². The molecule has 1 aliphatic heterocycles. The zero-order valence-electron chi connectivity index (χ0n) is 17.4. The molecule has 1 amide bonds. The van der Waals surface area contributed by atoms with Crippen LogP contribution in [0, 0.1) is 13.8 Å². The van der Waals surface area contributed by atoms with Gasteiger partial charge in [-0.25, -0.2) is 4.99 Å². The van der Waals surface area contributed by atoms with Crippen molar-refractivity contribution in [1.82, 2.24) is 0 Å². The molecule has 3 aromatic carbocycles. The maximum absolute atomic E-state index is 12.6. The van der Waals surface area contributed by atoms with Crippen molar-refractivity contribution in [3.8, 4) is 0 Å². The number of nitrogens with zero attached hydrogens (tertiary/aromatic N) is 2. The van der Waals surface area contributed by atoms with E-state index in [1.165, 1.54) is 11.8 Å². The topological polar surface area (TPSA) is 53.8 Å². The molecule has 6 heteroatoms. The number of para-hydroxylation sites is 2. The molecule has 0 atom stereocenters. The number of hydrogen-bond donors (Lipinski definition) is 1. The van der Waals surface area contributed by atoms with Gasteiger partial charge < -0.3 is 5.32 Å². The first-order valence-corrected chi connectivity index (χ1v) is 11.3. The van der Waals surface area contributed by atoms with Crippen molar-refractivity contribution in [3.63, 3.8) is 0 Å². The van der Waals surface area contributed by atoms with Crippen LogP contribution in [0.5, 0.6) is 0 Å². The number of carbonyl (C=O) groups excluding carboxylic acids is 1. The van der Waals surface area contributed by atoms with E-state index < -0.39 is 0 Å². The van der Waals surface area contributed by atoms with Crippen LogP contribution in [-0.4, -0.2) is 22.4 Å². The van der Waals surface area contributed by atoms with Crippen molar-refractivity contribution >= 4 is 57.1 Å². The van der Waals surface area contributed by atoms with Crippen molar-refractivity contribution in [2.24, 2.45) is 9.98 Å². The number of halogens is 1. The number of hydrogen-bond acceptors (Lipinski definition) is 4. The molecule has 4 nitrogen and oxygen atoms in total. The highest BCUT2D eigenvalue weighted by molar-refractivity contribution is 8.14. The van der Waals surface area contributed by atoms with Crippen molar-refractivity contribution in [3.05, 3.63) is 88.4 Å². The molecule has 0 saturated heterocycles. The summed E-state index contributed by atoms with van der Waals surface area (Å²) in [4.78, 5) is 22.2. The highest BCUT2D eigenvalue weighted by Crippen LogP contribution is 2.33. The zero-order valence-corrected chi connectivity index (χ0v) is 18.9. The van der Waals surface area contributed by atoms with Gasteiger partial charge in [-0.1, -0.05) is 41.9 Å². The quantitative estimate of drug-likeness (QED) is 0.473. The average molecular weight is 448 g/mol. The molecule has 0 aliphatic carbocycles. The number of fused-ring (bicyclic) bond motifs is 1. The number of anilines is 1. The lowest BCUT2D eigenvalue weighted by molar-refractivity contribution is -0.113. The summed E-state index contributed by atoms with van der Waals surface area (Å²) in [6, 6.07) is 21.5. The molecular weight excluding hydrogens is 426 g/mol. The second-order valence-corrected chi connectivity index (χ2v) is 8.93. The minimum absolute atomic E-state index is 0.0554. The van der Waals surface area contributed by atoms with Crippen molar-refractivity contribution in [2.45, 2.75) is 20.3 Å². The van der Waals surface area contributed by atoms with Gasteiger partial charge in [0.1, 0.15) is 0 Å². The van der Waals surface area contributed by atoms with Crippen LogP contribution in [0.15, 0.2) is 76.7 Å². The second kappa shape index (κ2) is 9.50. The number of carbonyl (C=O) groups is 1. The Balaban J connectivity index is 1.52. The van der Waals surface area contributed by atoms with Gasteiger partial charge in [0, 0.05) is 17.1 Å². The molecule has 4 rings (SSSR count). The van der Waals surface area contributed by atoms with Crippen LogP contribution in [0.25, 0.3) is 0 Å². The van der Waals surface area contributed by atoms with Gasteiger partial charge in [-0.3, -0.25) is 9.79 Å². The fraction of sp³-hybridized carbons (Fsp3) is 0.160. The largest absolute Gasteiger partial charge is 0.325 e. The molecule has 156 valence electrons. The molecule has 0 fully saturated rings. The van der Waals surface area contributed by atoms with E-state index in [1.54, 1.807) is 0 Å². The van der Waals surface area contributed by atoms with Crippen LogP contribution in [0.1, 0.15) is 23.1 Å². The van der Waals surface area contributed by atoms with Gasteiger partial charge in [-0.15, -0.1) is 11.8 Å². The summed E-state index contributed by atoms with van der Waals surface area (Å²) in [6.45, 7) is 4.04. The number of benzene rings is 3. The Labute approximate surface area is 191 Å². The third-order valence-corrected chi connectivity index (χ3v) is 5.98. The lowest BCUT2D eigenvalue weighted by Crippen LogP contribution is -2.16. The van der Waals surface area contributed by atoms with Crippen molar-refractivity contribution in [2.75, 3.05) is 11.1 Å². The van der Waals surface area contributed by atoms with Crippen molar-refractivity contribution in [1.29, 1.82) is 0 Å². The SMILES string of the molecule is Cc1cc(C)cc(NC(=O)CSC2=Nc3ccccc3N=C(c3ccc(Cl)cc3)C2)c1. The lowest BCUT2D eigenvalue weighted by atomic mass is 10.1. The fourth-order valence-electron chi connectivity index (χ4n) is 3.44. The van der Waals surface area contributed by atoms with Crippen LogP contribution in [0.4, 0.5) is 17.1 Å². The third kappa shape index (κ3) is 5.63. The number of nitrogens with one attached hydrogen (secondary N) is 1. The Morgan fingerprint density at radius 3 is 2.29 bits per heavy atom. The normalized spacial score (nSPS) is 13.0. The van der Waals surface area contributed by atoms with Crippen LogP contribution in [0.2, 0.25) is 5.02 Å². The number of amides is 1. The Morgan fingerprint density at radius 2 is 1.61 bits per heavy atom. The monoisotopic (exact) mass is 447 g/mol. The Morgan fingerprint density at radius 1 is 0.968 bits per heavy atom. The summed E-state index contributed by atoms with van der Waals surface area (Å²) in [5.74, 6) is 0.224. The maximum Gasteiger partial charge on any atom is 0.234 e. The Bertz CT molecular complexity index is 1170. The summed E-state index contributed by atoms with van der Waals surface area (Å²) in [5, 5.41) is 4.53. The predicted molar refractivity (Wildman–Crippen MR) is 133 cm³/mol. The minimum atomic E-state index is -0.0554. The number of rotatable bonds is 4. The smallest absolute Gasteiger partial charge is 0.234 e. The number of aryl methyl sites for hydroxylation is 2. The number of thioether (sulfide) groups is 1. The van der Waals surface area contributed by atoms with Gasteiger partial charge in [0.25, 0.3) is 0 Å². The molecule has 0 unspecified atom stereocenters. The minimum Gasteiger partial charge on any atom is -0.325 e. The summed E-state index contributed by atoms with van der Waals surface area (Å²) in [6.07, 6.45) is 0.553. The molecular formula is C25H22ClN3OS. The summed E-state index contributed by atoms with van der Waals surface area (Å²) >= 11 is 7.49. The molecule has 3 aromatic rings. The molecule has 31 heavy (non-hydrogen) atoms. The van der Waals surface area contributed by atoms with E-state index in [-0.39, 0.29) is 11.7 Å². The predicted octanol–water partition coefficient (Wildman–Crippen LogP) is 6.88. The molecule has 1 N–H and O–H groups in total. The summed E-state index contributed by atoms with van der Waals surface area (Å²) in [5.41, 5.74) is 6.59. The van der Waals surface area contributed by atoms with Crippen LogP contribution in [0.3, 0.4) is 0 Å². The summed E-state index contributed by atoms with van der Waals surface area (Å²) < 4.78 is 0. The molecule has 0 radical (unpaired) electrons. The second-order valence-electron chi connectivity index (χ2n) is 7.45. The van der Waals surface area contributed by atoms with Crippen LogP contribution >= 0.6 is 23.4 Å². The van der Waals surface area contributed by atoms with E-state index >= 15 is 0 Å². The molecule has 0 aromatic heterocycles. The van der Waals surface area contributed by atoms with Crippen molar-refractivity contribution < 1.29 is 4.79 Å². The molecule has 0 spiro atoms. The molecule has 1 aliphatic rings.